The van der Waals surface area contributed by atoms with Crippen LogP contribution in [0.3, 0.4) is 0 Å². The molecule has 7 rings (SSSR count). The maximum Gasteiger partial charge on any atom is 0.227 e. The van der Waals surface area contributed by atoms with Crippen LogP contribution in [0.1, 0.15) is 108 Å². The smallest absolute Gasteiger partial charge is 0.227 e. The minimum Gasteiger partial charge on any atom is -0.382 e. The Bertz CT molecular complexity index is 2150. The van der Waals surface area contributed by atoms with Gasteiger partial charge in [-0.15, -0.1) is 5.10 Å². The lowest BCUT2D eigenvalue weighted by atomic mass is 9.72. The van der Waals surface area contributed by atoms with Gasteiger partial charge in [0.2, 0.25) is 11.8 Å². The molecule has 4 aromatic rings. The number of allylic oxidation sites excluding steroid dienone is 2. The Labute approximate surface area is 368 Å². The third-order valence-corrected chi connectivity index (χ3v) is 13.1. The van der Waals surface area contributed by atoms with Crippen molar-refractivity contribution in [2.75, 3.05) is 38.4 Å². The van der Waals surface area contributed by atoms with Crippen LogP contribution < -0.4 is 15.5 Å². The monoisotopic (exact) mass is 843 g/mol. The van der Waals surface area contributed by atoms with Crippen LogP contribution in [0.5, 0.6) is 0 Å². The molecule has 3 aromatic carbocycles. The quantitative estimate of drug-likeness (QED) is 0.0900. The summed E-state index contributed by atoms with van der Waals surface area (Å²) in [5.74, 6) is 0.852. The number of fused-ring (bicyclic) bond motifs is 6. The second-order valence-electron chi connectivity index (χ2n) is 17.5. The van der Waals surface area contributed by atoms with Crippen LogP contribution in [-0.2, 0) is 43.4 Å². The summed E-state index contributed by atoms with van der Waals surface area (Å²) < 4.78 is 12.4. The minimum atomic E-state index is -0.180. The average molecular weight is 843 g/mol. The Morgan fingerprint density at radius 1 is 0.871 bits per heavy atom. The number of carbonyl (C=O) groups is 3. The van der Waals surface area contributed by atoms with Crippen molar-refractivity contribution < 1.29 is 23.9 Å². The molecule has 0 radical (unpaired) electrons. The van der Waals surface area contributed by atoms with E-state index in [0.29, 0.717) is 89.3 Å². The van der Waals surface area contributed by atoms with Crippen LogP contribution in [0.4, 0.5) is 5.69 Å². The first kappa shape index (κ1) is 45.1. The number of carbonyl (C=O) groups excluding carboxylic acids is 3. The number of anilines is 1. The van der Waals surface area contributed by atoms with Gasteiger partial charge in [0.1, 0.15) is 5.69 Å². The lowest BCUT2D eigenvalue weighted by Crippen LogP contribution is -2.57. The van der Waals surface area contributed by atoms with Gasteiger partial charge in [0.25, 0.3) is 0 Å². The molecule has 330 valence electrons. The molecule has 11 heteroatoms. The van der Waals surface area contributed by atoms with Gasteiger partial charge in [-0.1, -0.05) is 103 Å². The van der Waals surface area contributed by atoms with Crippen LogP contribution in [0, 0.1) is 11.8 Å². The zero-order valence-electron chi connectivity index (χ0n) is 37.1. The molecule has 1 fully saturated rings. The number of methoxy groups -OCH3 is 1. The summed E-state index contributed by atoms with van der Waals surface area (Å²) in [6.45, 7) is 7.34. The van der Waals surface area contributed by atoms with Crippen LogP contribution in [0.2, 0.25) is 0 Å². The molecule has 11 nitrogen and oxygen atoms in total. The highest BCUT2D eigenvalue weighted by Gasteiger charge is 2.41. The van der Waals surface area contributed by atoms with Crippen LogP contribution in [0.25, 0.3) is 22.5 Å². The molecule has 4 atom stereocenters. The summed E-state index contributed by atoms with van der Waals surface area (Å²) in [4.78, 5) is 42.5. The summed E-state index contributed by atoms with van der Waals surface area (Å²) in [5, 5.41) is 16.1. The summed E-state index contributed by atoms with van der Waals surface area (Å²) >= 11 is 0. The first-order chi connectivity index (χ1) is 30.3. The van der Waals surface area contributed by atoms with Gasteiger partial charge in [-0.2, -0.15) is 0 Å². The number of ketones is 1. The van der Waals surface area contributed by atoms with Crippen LogP contribution in [0.15, 0.2) is 84.4 Å². The number of piperidine rings is 1. The number of amides is 2. The van der Waals surface area contributed by atoms with Gasteiger partial charge in [0.15, 0.2) is 5.78 Å². The molecular weight excluding hydrogens is 777 g/mol. The summed E-state index contributed by atoms with van der Waals surface area (Å²) in [6.07, 6.45) is 14.1. The normalized spacial score (nSPS) is 21.4. The summed E-state index contributed by atoms with van der Waals surface area (Å²) in [5.41, 5.74) is 9.02. The van der Waals surface area contributed by atoms with Crippen LogP contribution in [-0.4, -0.2) is 78.2 Å². The molecule has 2 amide bonds. The fourth-order valence-corrected chi connectivity index (χ4v) is 9.68. The van der Waals surface area contributed by atoms with E-state index in [2.05, 4.69) is 73.0 Å². The van der Waals surface area contributed by atoms with Gasteiger partial charge in [-0.25, -0.2) is 4.68 Å². The number of aromatic nitrogens is 3. The highest BCUT2D eigenvalue weighted by atomic mass is 16.5. The van der Waals surface area contributed by atoms with Crippen molar-refractivity contribution in [3.8, 4) is 22.5 Å². The molecule has 1 saturated heterocycles. The lowest BCUT2D eigenvalue weighted by molar-refractivity contribution is -0.130. The predicted molar refractivity (Wildman–Crippen MR) is 245 cm³/mol. The van der Waals surface area contributed by atoms with E-state index >= 15 is 0 Å². The number of hydrogen-bond acceptors (Lipinski definition) is 8. The zero-order chi connectivity index (χ0) is 43.3. The van der Waals surface area contributed by atoms with Crippen molar-refractivity contribution in [3.63, 3.8) is 0 Å². The highest BCUT2D eigenvalue weighted by molar-refractivity contribution is 6.00. The van der Waals surface area contributed by atoms with Crippen molar-refractivity contribution in [1.82, 2.24) is 25.6 Å². The second kappa shape index (κ2) is 22.4. The Kier molecular flexibility index (Phi) is 16.3. The number of Topliss-reactive ketones (excluding diaryl/α,β-unsaturated/α-hetero) is 1. The van der Waals surface area contributed by atoms with Gasteiger partial charge in [0.05, 0.1) is 50.3 Å². The molecule has 0 saturated carbocycles. The number of benzene rings is 3. The van der Waals surface area contributed by atoms with Crippen molar-refractivity contribution in [2.45, 2.75) is 122 Å². The van der Waals surface area contributed by atoms with Gasteiger partial charge >= 0.3 is 0 Å². The first-order valence-corrected chi connectivity index (χ1v) is 23.1. The molecule has 3 unspecified atom stereocenters. The first-order valence-electron chi connectivity index (χ1n) is 23.1. The standard InChI is InChI=1S/C51H66N6O5/c1-36-15-6-4-5-7-19-43-41(21-14-16-36)37(2)53-45(51(43)60)33-38-25-27-39(28-26-38)34-57-50-44-20-10-11-22-46(44)56(35-40-17-8-9-18-42(40)49(50)54-55-57)48(59)24-13-12-23-47(58)52-29-30-62-32-31-61-3/h8-11,16-18,20,22,25-28,37,41,43,45,53H,4-7,12-15,19,21,23-24,29-35H2,1-3H3,(H,52,58)/b36-16-/t37?,41?,43?,45-/m0/s1. The molecule has 2 aliphatic heterocycles. The molecular formula is C51H66N6O5. The van der Waals surface area contributed by atoms with Crippen molar-refractivity contribution in [3.05, 3.63) is 101 Å². The predicted octanol–water partition coefficient (Wildman–Crippen LogP) is 8.63. The SMILES string of the molecule is COCCOCCNC(=O)CCCCC(=O)N1Cc2ccccc2-c2nnn(Cc3ccc(C[C@@H]4NC(C)C5CC/C=C(/C)CCCCCCC5C4=O)cc3)c2-c2ccccc21. The minimum absolute atomic E-state index is 0.00621. The number of nitrogens with one attached hydrogen (secondary N) is 2. The van der Waals surface area contributed by atoms with Gasteiger partial charge in [0, 0.05) is 49.6 Å². The van der Waals surface area contributed by atoms with E-state index in [1.807, 2.05) is 39.9 Å². The summed E-state index contributed by atoms with van der Waals surface area (Å²) in [6, 6.07) is 24.8. The van der Waals surface area contributed by atoms with Crippen molar-refractivity contribution in [2.24, 2.45) is 11.8 Å². The number of ether oxygens (including phenoxy) is 2. The highest BCUT2D eigenvalue weighted by Crippen LogP contribution is 2.42. The van der Waals surface area contributed by atoms with E-state index in [4.69, 9.17) is 19.8 Å². The maximum atomic E-state index is 14.1. The Morgan fingerprint density at radius 2 is 1.63 bits per heavy atom. The topological polar surface area (TPSA) is 128 Å². The van der Waals surface area contributed by atoms with E-state index < -0.39 is 0 Å². The Morgan fingerprint density at radius 3 is 2.47 bits per heavy atom. The zero-order valence-corrected chi connectivity index (χ0v) is 37.1. The molecule has 1 aliphatic carbocycles. The van der Waals surface area contributed by atoms with Crippen LogP contribution >= 0.6 is 0 Å². The van der Waals surface area contributed by atoms with E-state index in [1.165, 1.54) is 31.3 Å². The molecule has 1 aromatic heterocycles. The van der Waals surface area contributed by atoms with Gasteiger partial charge < -0.3 is 25.0 Å². The van der Waals surface area contributed by atoms with Crippen molar-refractivity contribution in [1.29, 1.82) is 0 Å². The Hall–Kier alpha value is -4.97. The number of para-hydroxylation sites is 1. The van der Waals surface area contributed by atoms with E-state index in [-0.39, 0.29) is 23.8 Å². The fourth-order valence-electron chi connectivity index (χ4n) is 9.68. The van der Waals surface area contributed by atoms with E-state index in [9.17, 15) is 14.4 Å². The second-order valence-corrected chi connectivity index (χ2v) is 17.5. The fraction of sp³-hybridized carbons (Fsp3) is 0.510. The average Bonchev–Trinajstić information content (AvgIpc) is 3.68. The third-order valence-electron chi connectivity index (χ3n) is 13.1. The van der Waals surface area contributed by atoms with Gasteiger partial charge in [-0.3, -0.25) is 14.4 Å². The molecule has 0 spiro atoms. The Balaban J connectivity index is 1.03. The number of nitrogens with zero attached hydrogens (tertiary/aromatic N) is 4. The van der Waals surface area contributed by atoms with Gasteiger partial charge in [-0.05, 0) is 93.9 Å². The molecule has 3 heterocycles. The molecule has 0 bridgehead atoms. The molecule has 62 heavy (non-hydrogen) atoms. The number of unbranched alkanes of at least 4 members (excludes halogenated alkanes) is 1. The lowest BCUT2D eigenvalue weighted by Gasteiger charge is -2.41. The van der Waals surface area contributed by atoms with Crippen molar-refractivity contribution >= 4 is 23.3 Å². The number of rotatable bonds is 15. The largest absolute Gasteiger partial charge is 0.382 e. The maximum absolute atomic E-state index is 14.1. The summed E-state index contributed by atoms with van der Waals surface area (Å²) in [7, 11) is 1.63. The van der Waals surface area contributed by atoms with E-state index in [1.54, 1.807) is 7.11 Å². The molecule has 3 aliphatic rings. The van der Waals surface area contributed by atoms with E-state index in [0.717, 1.165) is 70.6 Å². The number of hydrogen-bond donors (Lipinski definition) is 2. The molecule has 2 N–H and O–H groups in total. The third kappa shape index (κ3) is 11.5.